The zero-order valence-electron chi connectivity index (χ0n) is 10.2. The molecule has 4 nitrogen and oxygen atoms in total. The van der Waals surface area contributed by atoms with Crippen LogP contribution in [0.25, 0.3) is 5.69 Å². The number of rotatable bonds is 2. The molecule has 1 fully saturated rings. The van der Waals surface area contributed by atoms with Gasteiger partial charge in [0.05, 0.1) is 11.9 Å². The van der Waals surface area contributed by atoms with Crippen molar-refractivity contribution in [3.63, 3.8) is 0 Å². The van der Waals surface area contributed by atoms with E-state index in [0.717, 1.165) is 18.8 Å². The first-order valence-corrected chi connectivity index (χ1v) is 6.37. The first kappa shape index (κ1) is 11.3. The second kappa shape index (κ2) is 4.82. The zero-order valence-corrected chi connectivity index (χ0v) is 10.2. The second-order valence-electron chi connectivity index (χ2n) is 4.76. The highest BCUT2D eigenvalue weighted by molar-refractivity contribution is 5.38. The highest BCUT2D eigenvalue weighted by Gasteiger charge is 2.16. The quantitative estimate of drug-likeness (QED) is 0.848. The number of piperidine rings is 1. The van der Waals surface area contributed by atoms with E-state index in [9.17, 15) is 5.11 Å². The topological polar surface area (TPSA) is 50.1 Å². The van der Waals surface area contributed by atoms with Crippen LogP contribution in [0, 0.1) is 0 Å². The molecule has 1 saturated heterocycles. The van der Waals surface area contributed by atoms with Gasteiger partial charge < -0.3 is 10.4 Å². The first-order chi connectivity index (χ1) is 8.83. The summed E-state index contributed by atoms with van der Waals surface area (Å²) in [6, 6.07) is 7.16. The number of hydrogen-bond acceptors (Lipinski definition) is 3. The lowest BCUT2D eigenvalue weighted by Gasteiger charge is -2.21. The molecule has 4 heteroatoms. The van der Waals surface area contributed by atoms with E-state index in [4.69, 9.17) is 0 Å². The van der Waals surface area contributed by atoms with E-state index >= 15 is 0 Å². The Kier molecular flexibility index (Phi) is 3.02. The van der Waals surface area contributed by atoms with Crippen molar-refractivity contribution in [3.8, 4) is 11.4 Å². The molecule has 0 radical (unpaired) electrons. The minimum atomic E-state index is 0.270. The maximum atomic E-state index is 9.48. The normalized spacial score (nSPS) is 16.9. The molecule has 0 atom stereocenters. The van der Waals surface area contributed by atoms with Crippen molar-refractivity contribution in [1.82, 2.24) is 15.1 Å². The Balaban J connectivity index is 1.84. The van der Waals surface area contributed by atoms with Gasteiger partial charge in [-0.25, -0.2) is 4.68 Å². The summed E-state index contributed by atoms with van der Waals surface area (Å²) in [7, 11) is 0. The zero-order chi connectivity index (χ0) is 12.4. The van der Waals surface area contributed by atoms with Gasteiger partial charge >= 0.3 is 0 Å². The van der Waals surface area contributed by atoms with Gasteiger partial charge in [-0.3, -0.25) is 0 Å². The molecule has 1 aliphatic rings. The van der Waals surface area contributed by atoms with Gasteiger partial charge in [0.25, 0.3) is 0 Å². The largest absolute Gasteiger partial charge is 0.508 e. The van der Waals surface area contributed by atoms with Crippen LogP contribution in [-0.2, 0) is 0 Å². The van der Waals surface area contributed by atoms with Crippen molar-refractivity contribution in [1.29, 1.82) is 0 Å². The third-order valence-corrected chi connectivity index (χ3v) is 3.51. The minimum absolute atomic E-state index is 0.270. The smallest absolute Gasteiger partial charge is 0.117 e. The molecule has 94 valence electrons. The SMILES string of the molecule is Oc1cccc(-n2cc(C3CCNCC3)cn2)c1. The highest BCUT2D eigenvalue weighted by atomic mass is 16.3. The summed E-state index contributed by atoms with van der Waals surface area (Å²) in [6.07, 6.45) is 6.36. The van der Waals surface area contributed by atoms with Gasteiger partial charge in [0.15, 0.2) is 0 Å². The Morgan fingerprint density at radius 3 is 2.89 bits per heavy atom. The summed E-state index contributed by atoms with van der Waals surface area (Å²) in [5.41, 5.74) is 2.19. The highest BCUT2D eigenvalue weighted by Crippen LogP contribution is 2.25. The molecule has 18 heavy (non-hydrogen) atoms. The van der Waals surface area contributed by atoms with E-state index in [2.05, 4.69) is 16.6 Å². The lowest BCUT2D eigenvalue weighted by Crippen LogP contribution is -2.26. The third kappa shape index (κ3) is 2.24. The van der Waals surface area contributed by atoms with Crippen molar-refractivity contribution in [3.05, 3.63) is 42.2 Å². The molecule has 2 heterocycles. The van der Waals surface area contributed by atoms with Gasteiger partial charge in [0.1, 0.15) is 5.75 Å². The number of nitrogens with one attached hydrogen (secondary N) is 1. The lowest BCUT2D eigenvalue weighted by atomic mass is 9.93. The fourth-order valence-corrected chi connectivity index (χ4v) is 2.48. The molecule has 0 saturated carbocycles. The predicted octanol–water partition coefficient (Wildman–Crippen LogP) is 2.04. The average molecular weight is 243 g/mol. The van der Waals surface area contributed by atoms with Crippen molar-refractivity contribution >= 4 is 0 Å². The molecule has 0 amide bonds. The van der Waals surface area contributed by atoms with Gasteiger partial charge in [-0.15, -0.1) is 0 Å². The average Bonchev–Trinajstić information content (AvgIpc) is 2.89. The van der Waals surface area contributed by atoms with Crippen LogP contribution < -0.4 is 5.32 Å². The lowest BCUT2D eigenvalue weighted by molar-refractivity contribution is 0.460. The summed E-state index contributed by atoms with van der Waals surface area (Å²) in [6.45, 7) is 2.17. The third-order valence-electron chi connectivity index (χ3n) is 3.51. The van der Waals surface area contributed by atoms with Crippen LogP contribution in [0.2, 0.25) is 0 Å². The van der Waals surface area contributed by atoms with Gasteiger partial charge in [0.2, 0.25) is 0 Å². The van der Waals surface area contributed by atoms with E-state index in [-0.39, 0.29) is 5.75 Å². The Hall–Kier alpha value is -1.81. The molecule has 0 unspecified atom stereocenters. The Morgan fingerprint density at radius 2 is 2.11 bits per heavy atom. The minimum Gasteiger partial charge on any atom is -0.508 e. The van der Waals surface area contributed by atoms with Gasteiger partial charge in [-0.1, -0.05) is 6.07 Å². The molecule has 1 aromatic carbocycles. The van der Waals surface area contributed by atoms with Crippen molar-refractivity contribution in [2.75, 3.05) is 13.1 Å². The summed E-state index contributed by atoms with van der Waals surface area (Å²) in [5.74, 6) is 0.878. The van der Waals surface area contributed by atoms with Gasteiger partial charge in [-0.05, 0) is 49.5 Å². The van der Waals surface area contributed by atoms with E-state index in [0.29, 0.717) is 5.92 Å². The maximum Gasteiger partial charge on any atom is 0.117 e. The van der Waals surface area contributed by atoms with E-state index < -0.39 is 0 Å². The second-order valence-corrected chi connectivity index (χ2v) is 4.76. The Morgan fingerprint density at radius 1 is 1.28 bits per heavy atom. The molecule has 0 aliphatic carbocycles. The number of benzene rings is 1. The van der Waals surface area contributed by atoms with E-state index in [1.807, 2.05) is 23.0 Å². The van der Waals surface area contributed by atoms with Crippen molar-refractivity contribution in [2.45, 2.75) is 18.8 Å². The number of aromatic hydroxyl groups is 1. The van der Waals surface area contributed by atoms with Crippen molar-refractivity contribution in [2.24, 2.45) is 0 Å². The van der Waals surface area contributed by atoms with E-state index in [1.54, 1.807) is 12.1 Å². The molecule has 1 aromatic heterocycles. The van der Waals surface area contributed by atoms with Crippen LogP contribution in [0.5, 0.6) is 5.75 Å². The summed E-state index contributed by atoms with van der Waals surface area (Å²) < 4.78 is 1.83. The van der Waals surface area contributed by atoms with Crippen LogP contribution in [0.4, 0.5) is 0 Å². The Bertz CT molecular complexity index is 529. The van der Waals surface area contributed by atoms with Crippen LogP contribution in [0.3, 0.4) is 0 Å². The Labute approximate surface area is 106 Å². The van der Waals surface area contributed by atoms with Crippen molar-refractivity contribution < 1.29 is 5.11 Å². The molecule has 2 N–H and O–H groups in total. The summed E-state index contributed by atoms with van der Waals surface area (Å²) in [4.78, 5) is 0. The standard InChI is InChI=1S/C14H17N3O/c18-14-3-1-2-13(8-14)17-10-12(9-16-17)11-4-6-15-7-5-11/h1-3,8-11,15,18H,4-7H2. The number of hydrogen-bond donors (Lipinski definition) is 2. The van der Waals surface area contributed by atoms with Crippen LogP contribution in [0.1, 0.15) is 24.3 Å². The molecule has 0 bridgehead atoms. The fourth-order valence-electron chi connectivity index (χ4n) is 2.48. The fraction of sp³-hybridized carbons (Fsp3) is 0.357. The van der Waals surface area contributed by atoms with Crippen LogP contribution in [-0.4, -0.2) is 28.0 Å². The van der Waals surface area contributed by atoms with Gasteiger partial charge in [0, 0.05) is 12.3 Å². The van der Waals surface area contributed by atoms with Crippen LogP contribution >= 0.6 is 0 Å². The predicted molar refractivity (Wildman–Crippen MR) is 70.1 cm³/mol. The van der Waals surface area contributed by atoms with Gasteiger partial charge in [-0.2, -0.15) is 5.10 Å². The maximum absolute atomic E-state index is 9.48. The summed E-state index contributed by atoms with van der Waals surface area (Å²) >= 11 is 0. The summed E-state index contributed by atoms with van der Waals surface area (Å²) in [5, 5.41) is 17.2. The molecule has 1 aliphatic heterocycles. The molecule has 2 aromatic rings. The van der Waals surface area contributed by atoms with Crippen LogP contribution in [0.15, 0.2) is 36.7 Å². The number of aromatic nitrogens is 2. The molecular formula is C14H17N3O. The first-order valence-electron chi connectivity index (χ1n) is 6.37. The molecule has 3 rings (SSSR count). The number of nitrogens with zero attached hydrogens (tertiary/aromatic N) is 2. The number of phenols is 1. The molecule has 0 spiro atoms. The molecular weight excluding hydrogens is 226 g/mol. The monoisotopic (exact) mass is 243 g/mol. The van der Waals surface area contributed by atoms with E-state index in [1.165, 1.54) is 18.4 Å². The number of phenolic OH excluding ortho intramolecular Hbond substituents is 1.